The summed E-state index contributed by atoms with van der Waals surface area (Å²) in [7, 11) is 0. The summed E-state index contributed by atoms with van der Waals surface area (Å²) in [5.74, 6) is 0.694. The predicted molar refractivity (Wildman–Crippen MR) is 145 cm³/mol. The Kier molecular flexibility index (Phi) is 6.69. The molecule has 0 bridgehead atoms. The summed E-state index contributed by atoms with van der Waals surface area (Å²) < 4.78 is 15.0. The number of amides is 1. The third-order valence-electron chi connectivity index (χ3n) is 6.78. The summed E-state index contributed by atoms with van der Waals surface area (Å²) in [6.07, 6.45) is 1.93. The van der Waals surface area contributed by atoms with Crippen molar-refractivity contribution in [2.45, 2.75) is 34.2 Å². The van der Waals surface area contributed by atoms with E-state index in [4.69, 9.17) is 10.1 Å². The number of aromatic nitrogens is 3. The van der Waals surface area contributed by atoms with Crippen molar-refractivity contribution in [2.24, 2.45) is 5.41 Å². The van der Waals surface area contributed by atoms with E-state index in [-0.39, 0.29) is 11.7 Å². The number of anilines is 2. The Bertz CT molecular complexity index is 1410. The average Bonchev–Trinajstić information content (AvgIpc) is 3.30. The van der Waals surface area contributed by atoms with E-state index in [0.717, 1.165) is 72.3 Å². The van der Waals surface area contributed by atoms with E-state index in [1.54, 1.807) is 0 Å². The topological polar surface area (TPSA) is 65.8 Å². The summed E-state index contributed by atoms with van der Waals surface area (Å²) in [4.78, 5) is 22.0. The number of imidazole rings is 1. The van der Waals surface area contributed by atoms with Crippen LogP contribution in [0.15, 0.2) is 60.8 Å². The van der Waals surface area contributed by atoms with E-state index in [2.05, 4.69) is 15.1 Å². The zero-order chi connectivity index (χ0) is 26.2. The molecule has 4 aromatic rings. The molecule has 2 aromatic carbocycles. The van der Waals surface area contributed by atoms with Gasteiger partial charge in [-0.15, -0.1) is 5.10 Å². The van der Waals surface area contributed by atoms with Crippen molar-refractivity contribution >= 4 is 23.1 Å². The minimum Gasteiger partial charge on any atom is -0.353 e. The standard InChI is InChI=1S/C29H33FN6O/c1-20-5-8-22(17-24(20)32-28(37)29(2,3)4)25-19-36-26(31-25)11-12-27(33-36)35-15-13-34(14-16-35)18-21-6-9-23(30)10-7-21/h5-12,17,19H,13-16,18H2,1-4H3,(H,32,37). The number of nitrogens with one attached hydrogen (secondary N) is 1. The molecule has 1 fully saturated rings. The number of fused-ring (bicyclic) bond motifs is 1. The largest absolute Gasteiger partial charge is 0.353 e. The van der Waals surface area contributed by atoms with Crippen LogP contribution >= 0.6 is 0 Å². The molecule has 7 nitrogen and oxygen atoms in total. The molecule has 3 heterocycles. The number of rotatable bonds is 5. The fraction of sp³-hybridized carbons (Fsp3) is 0.345. The minimum atomic E-state index is -0.474. The quantitative estimate of drug-likeness (QED) is 0.411. The minimum absolute atomic E-state index is 0.0215. The first-order valence-corrected chi connectivity index (χ1v) is 12.7. The first kappa shape index (κ1) is 24.9. The highest BCUT2D eigenvalue weighted by Gasteiger charge is 2.22. The molecule has 37 heavy (non-hydrogen) atoms. The molecule has 1 N–H and O–H groups in total. The molecule has 192 valence electrons. The van der Waals surface area contributed by atoms with Gasteiger partial charge >= 0.3 is 0 Å². The summed E-state index contributed by atoms with van der Waals surface area (Å²) in [6.45, 7) is 12.1. The maximum atomic E-state index is 13.2. The normalized spacial score (nSPS) is 14.8. The highest BCUT2D eigenvalue weighted by molar-refractivity contribution is 5.95. The number of halogens is 1. The molecule has 1 saturated heterocycles. The van der Waals surface area contributed by atoms with Gasteiger partial charge in [0.15, 0.2) is 5.65 Å². The number of carbonyl (C=O) groups is 1. The van der Waals surface area contributed by atoms with Gasteiger partial charge in [-0.2, -0.15) is 0 Å². The average molecular weight is 501 g/mol. The summed E-state index contributed by atoms with van der Waals surface area (Å²) in [5, 5.41) is 7.89. The van der Waals surface area contributed by atoms with Gasteiger partial charge in [-0.25, -0.2) is 13.9 Å². The molecule has 0 spiro atoms. The molecule has 1 amide bonds. The van der Waals surface area contributed by atoms with Crippen molar-refractivity contribution in [3.8, 4) is 11.3 Å². The Morgan fingerprint density at radius 1 is 1.00 bits per heavy atom. The molecule has 0 aliphatic carbocycles. The van der Waals surface area contributed by atoms with Crippen LogP contribution < -0.4 is 10.2 Å². The lowest BCUT2D eigenvalue weighted by Gasteiger charge is -2.35. The number of piperazine rings is 1. The van der Waals surface area contributed by atoms with Gasteiger partial charge in [0.05, 0.1) is 11.9 Å². The number of carbonyl (C=O) groups excluding carboxylic acids is 1. The molecule has 5 rings (SSSR count). The highest BCUT2D eigenvalue weighted by atomic mass is 19.1. The number of aryl methyl sites for hydroxylation is 1. The Balaban J connectivity index is 1.29. The van der Waals surface area contributed by atoms with Gasteiger partial charge in [-0.05, 0) is 48.4 Å². The van der Waals surface area contributed by atoms with Crippen LogP contribution in [0.25, 0.3) is 16.9 Å². The molecule has 1 aliphatic heterocycles. The van der Waals surface area contributed by atoms with Crippen LogP contribution in [0.1, 0.15) is 31.9 Å². The zero-order valence-electron chi connectivity index (χ0n) is 21.8. The highest BCUT2D eigenvalue weighted by Crippen LogP contribution is 2.27. The SMILES string of the molecule is Cc1ccc(-c2cn3nc(N4CCN(Cc5ccc(F)cc5)CC4)ccc3n2)cc1NC(=O)C(C)(C)C. The van der Waals surface area contributed by atoms with Crippen molar-refractivity contribution in [1.29, 1.82) is 0 Å². The number of benzene rings is 2. The summed E-state index contributed by atoms with van der Waals surface area (Å²) in [6, 6.07) is 16.7. The fourth-order valence-electron chi connectivity index (χ4n) is 4.39. The molecule has 1 aliphatic rings. The molecule has 0 radical (unpaired) electrons. The van der Waals surface area contributed by atoms with Crippen molar-refractivity contribution in [3.63, 3.8) is 0 Å². The van der Waals surface area contributed by atoms with E-state index < -0.39 is 5.41 Å². The Hall–Kier alpha value is -3.78. The van der Waals surface area contributed by atoms with E-state index >= 15 is 0 Å². The van der Waals surface area contributed by atoms with Gasteiger partial charge in [-0.1, -0.05) is 45.0 Å². The first-order chi connectivity index (χ1) is 17.7. The van der Waals surface area contributed by atoms with Crippen molar-refractivity contribution in [2.75, 3.05) is 36.4 Å². The molecular weight excluding hydrogens is 467 g/mol. The zero-order valence-corrected chi connectivity index (χ0v) is 21.8. The maximum absolute atomic E-state index is 13.2. The number of hydrogen-bond donors (Lipinski definition) is 1. The van der Waals surface area contributed by atoms with Crippen LogP contribution in [0.5, 0.6) is 0 Å². The Morgan fingerprint density at radius 3 is 2.43 bits per heavy atom. The fourth-order valence-corrected chi connectivity index (χ4v) is 4.39. The number of hydrogen-bond acceptors (Lipinski definition) is 5. The van der Waals surface area contributed by atoms with Gasteiger partial charge in [-0.3, -0.25) is 9.69 Å². The molecule has 8 heteroatoms. The van der Waals surface area contributed by atoms with Crippen molar-refractivity contribution < 1.29 is 9.18 Å². The van der Waals surface area contributed by atoms with Crippen molar-refractivity contribution in [3.05, 3.63) is 77.7 Å². The third-order valence-corrected chi connectivity index (χ3v) is 6.78. The van der Waals surface area contributed by atoms with E-state index in [0.29, 0.717) is 0 Å². The van der Waals surface area contributed by atoms with Gasteiger partial charge in [0, 0.05) is 49.4 Å². The van der Waals surface area contributed by atoms with E-state index in [1.165, 1.54) is 12.1 Å². The maximum Gasteiger partial charge on any atom is 0.229 e. The Morgan fingerprint density at radius 2 is 1.73 bits per heavy atom. The second kappa shape index (κ2) is 9.94. The van der Waals surface area contributed by atoms with Gasteiger partial charge in [0.1, 0.15) is 11.6 Å². The van der Waals surface area contributed by atoms with Crippen LogP contribution in [-0.4, -0.2) is 51.6 Å². The van der Waals surface area contributed by atoms with Crippen LogP contribution in [-0.2, 0) is 11.3 Å². The first-order valence-electron chi connectivity index (χ1n) is 12.7. The van der Waals surface area contributed by atoms with Crippen molar-refractivity contribution in [1.82, 2.24) is 19.5 Å². The smallest absolute Gasteiger partial charge is 0.229 e. The predicted octanol–water partition coefficient (Wildman–Crippen LogP) is 5.15. The van der Waals surface area contributed by atoms with Gasteiger partial charge in [0.25, 0.3) is 0 Å². The van der Waals surface area contributed by atoms with E-state index in [9.17, 15) is 9.18 Å². The van der Waals surface area contributed by atoms with Gasteiger partial charge in [0.2, 0.25) is 5.91 Å². The number of nitrogens with zero attached hydrogens (tertiary/aromatic N) is 5. The van der Waals surface area contributed by atoms with Crippen LogP contribution in [0.4, 0.5) is 15.9 Å². The lowest BCUT2D eigenvalue weighted by Crippen LogP contribution is -2.46. The monoisotopic (exact) mass is 500 g/mol. The summed E-state index contributed by atoms with van der Waals surface area (Å²) in [5.41, 5.74) is 4.95. The molecule has 0 atom stereocenters. The van der Waals surface area contributed by atoms with Crippen LogP contribution in [0, 0.1) is 18.2 Å². The molecule has 0 saturated carbocycles. The second-order valence-electron chi connectivity index (χ2n) is 10.7. The lowest BCUT2D eigenvalue weighted by atomic mass is 9.95. The molecular formula is C29H33FN6O. The van der Waals surface area contributed by atoms with E-state index in [1.807, 2.05) is 80.9 Å². The molecule has 0 unspecified atom stereocenters. The van der Waals surface area contributed by atoms with Gasteiger partial charge < -0.3 is 10.2 Å². The Labute approximate surface area is 216 Å². The third kappa shape index (κ3) is 5.64. The summed E-state index contributed by atoms with van der Waals surface area (Å²) >= 11 is 0. The lowest BCUT2D eigenvalue weighted by molar-refractivity contribution is -0.123. The van der Waals surface area contributed by atoms with Crippen LogP contribution in [0.3, 0.4) is 0 Å². The second-order valence-corrected chi connectivity index (χ2v) is 10.7. The van der Waals surface area contributed by atoms with Crippen LogP contribution in [0.2, 0.25) is 0 Å². The molecule has 2 aromatic heterocycles.